The van der Waals surface area contributed by atoms with E-state index in [-0.39, 0.29) is 6.10 Å². The number of nitrogens with zero attached hydrogens (tertiary/aromatic N) is 1. The molecule has 0 radical (unpaired) electrons. The molecule has 21 heavy (non-hydrogen) atoms. The van der Waals surface area contributed by atoms with Gasteiger partial charge >= 0.3 is 0 Å². The van der Waals surface area contributed by atoms with E-state index in [0.29, 0.717) is 0 Å². The van der Waals surface area contributed by atoms with Gasteiger partial charge in [-0.3, -0.25) is 0 Å². The number of hydrogen-bond acceptors (Lipinski definition) is 2. The van der Waals surface area contributed by atoms with Gasteiger partial charge in [-0.2, -0.15) is 0 Å². The summed E-state index contributed by atoms with van der Waals surface area (Å²) in [6, 6.07) is 20.3. The molecule has 0 saturated heterocycles. The maximum Gasteiger partial charge on any atom is 0.164 e. The highest BCUT2D eigenvalue weighted by Gasteiger charge is 2.26. The van der Waals surface area contributed by atoms with Crippen molar-refractivity contribution in [3.05, 3.63) is 78.1 Å². The Hall–Kier alpha value is -2.68. The smallest absolute Gasteiger partial charge is 0.164 e. The molecule has 2 heterocycles. The Morgan fingerprint density at radius 1 is 0.952 bits per heavy atom. The number of methoxy groups -OCH3 is 1. The van der Waals surface area contributed by atoms with E-state index in [1.807, 2.05) is 30.3 Å². The van der Waals surface area contributed by atoms with Crippen LogP contribution in [0.3, 0.4) is 0 Å². The molecule has 0 saturated carbocycles. The van der Waals surface area contributed by atoms with Crippen LogP contribution in [0, 0.1) is 0 Å². The van der Waals surface area contributed by atoms with Crippen LogP contribution in [0.2, 0.25) is 0 Å². The van der Waals surface area contributed by atoms with Crippen molar-refractivity contribution < 1.29 is 9.47 Å². The summed E-state index contributed by atoms with van der Waals surface area (Å²) in [6.45, 7) is 0. The summed E-state index contributed by atoms with van der Waals surface area (Å²) in [5.41, 5.74) is 3.34. The van der Waals surface area contributed by atoms with Gasteiger partial charge < -0.3 is 14.0 Å². The number of rotatable bonds is 2. The second kappa shape index (κ2) is 4.70. The first-order valence-corrected chi connectivity index (χ1v) is 6.94. The summed E-state index contributed by atoms with van der Waals surface area (Å²) in [6.07, 6.45) is 1.98. The molecule has 3 aromatic rings. The first-order chi connectivity index (χ1) is 10.4. The van der Waals surface area contributed by atoms with Crippen LogP contribution in [-0.4, -0.2) is 11.7 Å². The molecule has 1 aromatic heterocycles. The third-order valence-electron chi connectivity index (χ3n) is 3.84. The summed E-state index contributed by atoms with van der Waals surface area (Å²) in [4.78, 5) is 0. The van der Waals surface area contributed by atoms with Crippen molar-refractivity contribution in [1.29, 1.82) is 0 Å². The molecular weight excluding hydrogens is 262 g/mol. The summed E-state index contributed by atoms with van der Waals surface area (Å²) in [7, 11) is 1.67. The molecule has 4 rings (SSSR count). The Morgan fingerprint density at radius 2 is 1.76 bits per heavy atom. The SMILES string of the molecule is COc1ccc(C2Oc3ccccc3-n3cccc32)cc1. The van der Waals surface area contributed by atoms with Crippen LogP contribution in [0.15, 0.2) is 66.9 Å². The molecule has 1 unspecified atom stereocenters. The van der Waals surface area contributed by atoms with Gasteiger partial charge in [0.1, 0.15) is 11.5 Å². The Kier molecular flexibility index (Phi) is 2.71. The minimum atomic E-state index is -0.0965. The number of benzene rings is 2. The largest absolute Gasteiger partial charge is 0.497 e. The lowest BCUT2D eigenvalue weighted by Gasteiger charge is -2.28. The zero-order valence-corrected chi connectivity index (χ0v) is 11.7. The summed E-state index contributed by atoms with van der Waals surface area (Å²) in [5.74, 6) is 1.76. The fraction of sp³-hybridized carbons (Fsp3) is 0.111. The summed E-state index contributed by atoms with van der Waals surface area (Å²) >= 11 is 0. The first-order valence-electron chi connectivity index (χ1n) is 6.94. The van der Waals surface area contributed by atoms with Crippen molar-refractivity contribution in [2.24, 2.45) is 0 Å². The second-order valence-corrected chi connectivity index (χ2v) is 5.04. The van der Waals surface area contributed by atoms with E-state index in [4.69, 9.17) is 9.47 Å². The van der Waals surface area contributed by atoms with Crippen molar-refractivity contribution in [1.82, 2.24) is 4.57 Å². The molecule has 3 nitrogen and oxygen atoms in total. The average molecular weight is 277 g/mol. The highest BCUT2D eigenvalue weighted by atomic mass is 16.5. The third kappa shape index (κ3) is 1.89. The fourth-order valence-corrected chi connectivity index (χ4v) is 2.79. The molecule has 2 aromatic carbocycles. The van der Waals surface area contributed by atoms with Gasteiger partial charge in [0, 0.05) is 6.20 Å². The molecule has 1 atom stereocenters. The standard InChI is InChI=1S/C18H15NO2/c1-20-14-10-8-13(9-11-14)18-16-6-4-12-19(16)15-5-2-3-7-17(15)21-18/h2-12,18H,1H3. The monoisotopic (exact) mass is 277 g/mol. The lowest BCUT2D eigenvalue weighted by Crippen LogP contribution is -2.19. The minimum Gasteiger partial charge on any atom is -0.497 e. The van der Waals surface area contributed by atoms with E-state index in [9.17, 15) is 0 Å². The minimum absolute atomic E-state index is 0.0965. The predicted molar refractivity (Wildman–Crippen MR) is 81.2 cm³/mol. The topological polar surface area (TPSA) is 23.4 Å². The number of hydrogen-bond donors (Lipinski definition) is 0. The molecule has 0 bridgehead atoms. The van der Waals surface area contributed by atoms with Crippen LogP contribution < -0.4 is 9.47 Å². The highest BCUT2D eigenvalue weighted by molar-refractivity contribution is 5.52. The first kappa shape index (κ1) is 12.1. The van der Waals surface area contributed by atoms with E-state index in [2.05, 4.69) is 41.1 Å². The zero-order valence-electron chi connectivity index (χ0n) is 11.7. The van der Waals surface area contributed by atoms with E-state index >= 15 is 0 Å². The van der Waals surface area contributed by atoms with Crippen LogP contribution in [0.5, 0.6) is 11.5 Å². The molecule has 0 aliphatic carbocycles. The van der Waals surface area contributed by atoms with Crippen LogP contribution in [-0.2, 0) is 0 Å². The second-order valence-electron chi connectivity index (χ2n) is 5.04. The molecule has 1 aliphatic heterocycles. The van der Waals surface area contributed by atoms with Crippen molar-refractivity contribution in [3.63, 3.8) is 0 Å². The van der Waals surface area contributed by atoms with E-state index in [0.717, 1.165) is 28.4 Å². The van der Waals surface area contributed by atoms with Gasteiger partial charge in [-0.1, -0.05) is 24.3 Å². The molecule has 0 spiro atoms. The van der Waals surface area contributed by atoms with Crippen molar-refractivity contribution in [3.8, 4) is 17.2 Å². The van der Waals surface area contributed by atoms with E-state index < -0.39 is 0 Å². The Bertz CT molecular complexity index is 774. The highest BCUT2D eigenvalue weighted by Crippen LogP contribution is 2.38. The summed E-state index contributed by atoms with van der Waals surface area (Å²) < 4.78 is 13.6. The predicted octanol–water partition coefficient (Wildman–Crippen LogP) is 3.97. The van der Waals surface area contributed by atoms with Crippen LogP contribution in [0.4, 0.5) is 0 Å². The summed E-state index contributed by atoms with van der Waals surface area (Å²) in [5, 5.41) is 0. The fourth-order valence-electron chi connectivity index (χ4n) is 2.79. The number of para-hydroxylation sites is 2. The van der Waals surface area contributed by atoms with Crippen molar-refractivity contribution in [2.75, 3.05) is 7.11 Å². The normalized spacial score (nSPS) is 15.8. The Labute approximate surface area is 123 Å². The van der Waals surface area contributed by atoms with Crippen LogP contribution in [0.1, 0.15) is 17.4 Å². The van der Waals surface area contributed by atoms with Gasteiger partial charge in [0.2, 0.25) is 0 Å². The van der Waals surface area contributed by atoms with E-state index in [1.165, 1.54) is 0 Å². The molecule has 0 fully saturated rings. The van der Waals surface area contributed by atoms with Crippen molar-refractivity contribution >= 4 is 0 Å². The van der Waals surface area contributed by atoms with Gasteiger partial charge in [0.15, 0.2) is 6.10 Å². The van der Waals surface area contributed by atoms with Gasteiger partial charge in [-0.05, 0) is 42.0 Å². The Morgan fingerprint density at radius 3 is 2.57 bits per heavy atom. The third-order valence-corrected chi connectivity index (χ3v) is 3.84. The molecule has 1 aliphatic rings. The quantitative estimate of drug-likeness (QED) is 0.707. The van der Waals surface area contributed by atoms with Crippen LogP contribution >= 0.6 is 0 Å². The lowest BCUT2D eigenvalue weighted by molar-refractivity contribution is 0.227. The zero-order chi connectivity index (χ0) is 14.2. The molecule has 0 amide bonds. The lowest BCUT2D eigenvalue weighted by atomic mass is 10.0. The number of ether oxygens (including phenoxy) is 2. The van der Waals surface area contributed by atoms with Crippen molar-refractivity contribution in [2.45, 2.75) is 6.10 Å². The molecule has 104 valence electrons. The number of fused-ring (bicyclic) bond motifs is 3. The van der Waals surface area contributed by atoms with Gasteiger partial charge in [0.25, 0.3) is 0 Å². The Balaban J connectivity index is 1.81. The maximum atomic E-state index is 6.21. The number of aromatic nitrogens is 1. The average Bonchev–Trinajstić information content (AvgIpc) is 3.04. The van der Waals surface area contributed by atoms with Crippen LogP contribution in [0.25, 0.3) is 5.69 Å². The van der Waals surface area contributed by atoms with Gasteiger partial charge in [0.05, 0.1) is 18.5 Å². The van der Waals surface area contributed by atoms with E-state index in [1.54, 1.807) is 7.11 Å². The molecule has 0 N–H and O–H groups in total. The van der Waals surface area contributed by atoms with Gasteiger partial charge in [-0.15, -0.1) is 0 Å². The molecule has 3 heteroatoms. The van der Waals surface area contributed by atoms with Gasteiger partial charge in [-0.25, -0.2) is 0 Å². The maximum absolute atomic E-state index is 6.21. The molecular formula is C18H15NO2.